The summed E-state index contributed by atoms with van der Waals surface area (Å²) in [7, 11) is 1.98. The summed E-state index contributed by atoms with van der Waals surface area (Å²) in [5.41, 5.74) is 3.31. The molecule has 1 aromatic heterocycles. The van der Waals surface area contributed by atoms with E-state index in [1.54, 1.807) is 0 Å². The van der Waals surface area contributed by atoms with Crippen LogP contribution in [0.1, 0.15) is 38.2 Å². The molecule has 1 saturated heterocycles. The molecular formula is C22H32N4O2. The van der Waals surface area contributed by atoms with Crippen LogP contribution in [0.3, 0.4) is 0 Å². The predicted molar refractivity (Wildman–Crippen MR) is 111 cm³/mol. The van der Waals surface area contributed by atoms with Crippen molar-refractivity contribution in [2.24, 2.45) is 7.05 Å². The lowest BCUT2D eigenvalue weighted by molar-refractivity contribution is 0.229. The second-order valence-corrected chi connectivity index (χ2v) is 7.82. The van der Waals surface area contributed by atoms with Crippen molar-refractivity contribution in [3.63, 3.8) is 0 Å². The highest BCUT2D eigenvalue weighted by molar-refractivity contribution is 5.66. The van der Waals surface area contributed by atoms with Crippen LogP contribution in [0, 0.1) is 0 Å². The molecule has 1 aromatic carbocycles. The van der Waals surface area contributed by atoms with Gasteiger partial charge in [0.2, 0.25) is 0 Å². The lowest BCUT2D eigenvalue weighted by atomic mass is 10.1. The fraction of sp³-hybridized carbons (Fsp3) is 0.591. The Morgan fingerprint density at radius 1 is 1.11 bits per heavy atom. The van der Waals surface area contributed by atoms with Crippen molar-refractivity contribution >= 4 is 0 Å². The molecule has 0 amide bonds. The highest BCUT2D eigenvalue weighted by Gasteiger charge is 2.20. The van der Waals surface area contributed by atoms with Crippen molar-refractivity contribution in [1.82, 2.24) is 20.0 Å². The Balaban J connectivity index is 1.45. The first kappa shape index (κ1) is 19.3. The number of hydrogen-bond donors (Lipinski definition) is 1. The third-order valence-corrected chi connectivity index (χ3v) is 5.75. The standard InChI is InChI=1S/C22H32N4O2/c1-3-19(26-9-4-5-10-26)15-23-14-18-16-25(2)24-22(18)17-7-8-20-21(13-17)28-12-6-11-27-20/h7-8,13,16,19,23H,3-6,9-12,14-15H2,1-2H3. The first-order valence-corrected chi connectivity index (χ1v) is 10.6. The summed E-state index contributed by atoms with van der Waals surface area (Å²) in [5, 5.41) is 8.39. The molecule has 2 aliphatic heterocycles. The van der Waals surface area contributed by atoms with Gasteiger partial charge in [0.25, 0.3) is 0 Å². The molecule has 0 radical (unpaired) electrons. The SMILES string of the molecule is CCC(CNCc1cn(C)nc1-c1ccc2c(c1)OCCCO2)N1CCCC1. The molecule has 28 heavy (non-hydrogen) atoms. The van der Waals surface area contributed by atoms with E-state index < -0.39 is 0 Å². The molecule has 0 bridgehead atoms. The van der Waals surface area contributed by atoms with Gasteiger partial charge in [0, 0.05) is 49.9 Å². The zero-order chi connectivity index (χ0) is 19.3. The van der Waals surface area contributed by atoms with Gasteiger partial charge in [-0.25, -0.2) is 0 Å². The summed E-state index contributed by atoms with van der Waals surface area (Å²) in [6.45, 7) is 8.03. The normalized spacial score (nSPS) is 18.2. The highest BCUT2D eigenvalue weighted by atomic mass is 16.5. The van der Waals surface area contributed by atoms with E-state index in [9.17, 15) is 0 Å². The minimum atomic E-state index is 0.626. The molecule has 152 valence electrons. The Bertz CT molecular complexity index is 783. The Labute approximate surface area is 167 Å². The van der Waals surface area contributed by atoms with Gasteiger partial charge in [0.15, 0.2) is 11.5 Å². The van der Waals surface area contributed by atoms with E-state index in [1.807, 2.05) is 17.8 Å². The summed E-state index contributed by atoms with van der Waals surface area (Å²) in [6.07, 6.45) is 6.90. The Kier molecular flexibility index (Phi) is 6.17. The number of likely N-dealkylation sites (tertiary alicyclic amines) is 1. The fourth-order valence-electron chi connectivity index (χ4n) is 4.23. The topological polar surface area (TPSA) is 51.6 Å². The van der Waals surface area contributed by atoms with Gasteiger partial charge in [0.1, 0.15) is 0 Å². The van der Waals surface area contributed by atoms with E-state index in [-0.39, 0.29) is 0 Å². The van der Waals surface area contributed by atoms with Gasteiger partial charge in [-0.2, -0.15) is 5.10 Å². The number of hydrogen-bond acceptors (Lipinski definition) is 5. The van der Waals surface area contributed by atoms with Crippen molar-refractivity contribution in [3.05, 3.63) is 30.0 Å². The zero-order valence-electron chi connectivity index (χ0n) is 17.1. The van der Waals surface area contributed by atoms with Crippen LogP contribution in [0.25, 0.3) is 11.3 Å². The van der Waals surface area contributed by atoms with Crippen molar-refractivity contribution < 1.29 is 9.47 Å². The van der Waals surface area contributed by atoms with Crippen LogP contribution in [0.2, 0.25) is 0 Å². The molecule has 0 saturated carbocycles. The van der Waals surface area contributed by atoms with Crippen LogP contribution in [0.15, 0.2) is 24.4 Å². The molecule has 2 aromatic rings. The first-order chi connectivity index (χ1) is 13.7. The molecule has 6 nitrogen and oxygen atoms in total. The number of ether oxygens (including phenoxy) is 2. The maximum absolute atomic E-state index is 5.86. The minimum absolute atomic E-state index is 0.626. The van der Waals surface area contributed by atoms with Crippen LogP contribution >= 0.6 is 0 Å². The van der Waals surface area contributed by atoms with Crippen LogP contribution in [-0.4, -0.2) is 53.6 Å². The quantitative estimate of drug-likeness (QED) is 0.794. The molecule has 2 aliphatic rings. The maximum atomic E-state index is 5.86. The largest absolute Gasteiger partial charge is 0.490 e. The van der Waals surface area contributed by atoms with Crippen LogP contribution in [0.5, 0.6) is 11.5 Å². The maximum Gasteiger partial charge on any atom is 0.161 e. The van der Waals surface area contributed by atoms with E-state index in [1.165, 1.54) is 37.9 Å². The minimum Gasteiger partial charge on any atom is -0.490 e. The van der Waals surface area contributed by atoms with Crippen molar-refractivity contribution in [2.45, 2.75) is 45.2 Å². The molecule has 0 aliphatic carbocycles. The fourth-order valence-corrected chi connectivity index (χ4v) is 4.23. The third-order valence-electron chi connectivity index (χ3n) is 5.75. The Morgan fingerprint density at radius 3 is 2.68 bits per heavy atom. The van der Waals surface area contributed by atoms with Gasteiger partial charge in [-0.15, -0.1) is 0 Å². The van der Waals surface area contributed by atoms with Crippen LogP contribution in [-0.2, 0) is 13.6 Å². The van der Waals surface area contributed by atoms with Crippen LogP contribution < -0.4 is 14.8 Å². The number of rotatable bonds is 7. The number of nitrogens with zero attached hydrogens (tertiary/aromatic N) is 3. The summed E-state index contributed by atoms with van der Waals surface area (Å²) in [5.74, 6) is 1.65. The summed E-state index contributed by atoms with van der Waals surface area (Å²) >= 11 is 0. The molecule has 1 fully saturated rings. The van der Waals surface area contributed by atoms with Crippen molar-refractivity contribution in [3.8, 4) is 22.8 Å². The molecule has 1 atom stereocenters. The molecule has 1 unspecified atom stereocenters. The van der Waals surface area contributed by atoms with Gasteiger partial charge in [-0.05, 0) is 50.6 Å². The predicted octanol–water partition coefficient (Wildman–Crippen LogP) is 3.21. The highest BCUT2D eigenvalue weighted by Crippen LogP contribution is 2.34. The molecule has 1 N–H and O–H groups in total. The number of aryl methyl sites for hydroxylation is 1. The smallest absolute Gasteiger partial charge is 0.161 e. The van der Waals surface area contributed by atoms with E-state index in [4.69, 9.17) is 14.6 Å². The number of nitrogens with one attached hydrogen (secondary N) is 1. The lowest BCUT2D eigenvalue weighted by Gasteiger charge is -2.26. The molecule has 4 rings (SSSR count). The van der Waals surface area contributed by atoms with Gasteiger partial charge in [-0.3, -0.25) is 9.58 Å². The van der Waals surface area contributed by atoms with Crippen LogP contribution in [0.4, 0.5) is 0 Å². The Morgan fingerprint density at radius 2 is 1.89 bits per heavy atom. The van der Waals surface area contributed by atoms with E-state index >= 15 is 0 Å². The second-order valence-electron chi connectivity index (χ2n) is 7.82. The van der Waals surface area contributed by atoms with Gasteiger partial charge in [-0.1, -0.05) is 6.92 Å². The van der Waals surface area contributed by atoms with E-state index in [0.29, 0.717) is 19.3 Å². The molecule has 3 heterocycles. The second kappa shape index (κ2) is 8.97. The average Bonchev–Trinajstić information content (AvgIpc) is 3.29. The van der Waals surface area contributed by atoms with E-state index in [0.717, 1.165) is 42.3 Å². The molecule has 6 heteroatoms. The van der Waals surface area contributed by atoms with Gasteiger partial charge >= 0.3 is 0 Å². The number of benzene rings is 1. The van der Waals surface area contributed by atoms with Gasteiger partial charge in [0.05, 0.1) is 18.9 Å². The van der Waals surface area contributed by atoms with Crippen molar-refractivity contribution in [2.75, 3.05) is 32.8 Å². The van der Waals surface area contributed by atoms with Gasteiger partial charge < -0.3 is 14.8 Å². The first-order valence-electron chi connectivity index (χ1n) is 10.6. The molecule has 0 spiro atoms. The average molecular weight is 385 g/mol. The summed E-state index contributed by atoms with van der Waals surface area (Å²) < 4.78 is 13.5. The summed E-state index contributed by atoms with van der Waals surface area (Å²) in [4.78, 5) is 2.63. The lowest BCUT2D eigenvalue weighted by Crippen LogP contribution is -2.40. The van der Waals surface area contributed by atoms with Crippen molar-refractivity contribution in [1.29, 1.82) is 0 Å². The number of aromatic nitrogens is 2. The molecular weight excluding hydrogens is 352 g/mol. The van der Waals surface area contributed by atoms with E-state index in [2.05, 4.69) is 35.5 Å². The number of fused-ring (bicyclic) bond motifs is 1. The Hall–Kier alpha value is -2.05. The third kappa shape index (κ3) is 4.33. The monoisotopic (exact) mass is 384 g/mol. The summed E-state index contributed by atoms with van der Waals surface area (Å²) in [6, 6.07) is 6.77. The zero-order valence-corrected chi connectivity index (χ0v) is 17.1.